The lowest BCUT2D eigenvalue weighted by atomic mass is 9.65. The van der Waals surface area contributed by atoms with E-state index in [0.29, 0.717) is 0 Å². The van der Waals surface area contributed by atoms with E-state index in [2.05, 4.69) is 0 Å². The maximum atomic E-state index is 12.3. The van der Waals surface area contributed by atoms with E-state index in [1.807, 2.05) is 13.8 Å². The number of carbonyl (C=O) groups excluding carboxylic acids is 1. The van der Waals surface area contributed by atoms with Gasteiger partial charge >= 0.3 is 5.97 Å². The van der Waals surface area contributed by atoms with Crippen molar-refractivity contribution < 1.29 is 26.9 Å². The first-order chi connectivity index (χ1) is 8.89. The number of fused-ring (bicyclic) bond motifs is 1. The number of hydrogen-bond donors (Lipinski definition) is 0. The molecule has 0 spiro atoms. The van der Waals surface area contributed by atoms with Crippen molar-refractivity contribution in [2.45, 2.75) is 56.2 Å². The minimum absolute atomic E-state index is 0.144. The summed E-state index contributed by atoms with van der Waals surface area (Å²) in [6.45, 7) is 4.00. The zero-order chi connectivity index (χ0) is 14.1. The zero-order valence-electron chi connectivity index (χ0n) is 11.2. The van der Waals surface area contributed by atoms with Crippen molar-refractivity contribution in [3.8, 4) is 0 Å². The van der Waals surface area contributed by atoms with Crippen LogP contribution in [0.4, 0.5) is 0 Å². The summed E-state index contributed by atoms with van der Waals surface area (Å²) in [6, 6.07) is 0. The van der Waals surface area contributed by atoms with Crippen molar-refractivity contribution in [3.05, 3.63) is 0 Å². The summed E-state index contributed by atoms with van der Waals surface area (Å²) >= 11 is 0. The fourth-order valence-electron chi connectivity index (χ4n) is 4.06. The van der Waals surface area contributed by atoms with Crippen LogP contribution in [-0.4, -0.2) is 44.6 Å². The summed E-state index contributed by atoms with van der Waals surface area (Å²) in [6.07, 6.45) is 0.129. The maximum absolute atomic E-state index is 12.3. The van der Waals surface area contributed by atoms with E-state index >= 15 is 0 Å². The topological polar surface area (TPSA) is 78.9 Å². The number of carbonyl (C=O) groups is 1. The Labute approximate surface area is 112 Å². The maximum Gasteiger partial charge on any atom is 0.332 e. The number of esters is 1. The van der Waals surface area contributed by atoms with Gasteiger partial charge in [0.05, 0.1) is 13.2 Å². The van der Waals surface area contributed by atoms with Gasteiger partial charge in [0.15, 0.2) is 0 Å². The molecule has 4 unspecified atom stereocenters. The first-order valence-corrected chi connectivity index (χ1v) is 7.97. The van der Waals surface area contributed by atoms with Crippen LogP contribution in [0.15, 0.2) is 0 Å². The molecule has 0 aromatic rings. The molecule has 0 aliphatic carbocycles. The Balaban J connectivity index is 2.14. The van der Waals surface area contributed by atoms with Crippen LogP contribution in [0.5, 0.6) is 0 Å². The molecule has 7 heteroatoms. The van der Waals surface area contributed by atoms with Crippen LogP contribution < -0.4 is 0 Å². The lowest BCUT2D eigenvalue weighted by molar-refractivity contribution is -0.145. The molecular weight excluding hydrogens is 272 g/mol. The fourth-order valence-corrected chi connectivity index (χ4v) is 5.90. The third-order valence-corrected chi connectivity index (χ3v) is 7.18. The van der Waals surface area contributed by atoms with Gasteiger partial charge in [-0.2, -0.15) is 8.42 Å². The Morgan fingerprint density at radius 3 is 2.47 bits per heavy atom. The Kier molecular flexibility index (Phi) is 2.60. The highest BCUT2D eigenvalue weighted by atomic mass is 32.2. The highest BCUT2D eigenvalue weighted by Crippen LogP contribution is 2.63. The van der Waals surface area contributed by atoms with Gasteiger partial charge in [0.25, 0.3) is 10.1 Å². The Morgan fingerprint density at radius 1 is 1.32 bits per heavy atom. The van der Waals surface area contributed by atoms with Gasteiger partial charge in [0.2, 0.25) is 4.75 Å². The van der Waals surface area contributed by atoms with Gasteiger partial charge in [0.1, 0.15) is 12.2 Å². The Morgan fingerprint density at radius 2 is 1.95 bits per heavy atom. The van der Waals surface area contributed by atoms with E-state index in [4.69, 9.17) is 13.7 Å². The van der Waals surface area contributed by atoms with Crippen LogP contribution in [0.2, 0.25) is 0 Å². The molecule has 3 aliphatic rings. The molecule has 0 radical (unpaired) electrons. The highest BCUT2D eigenvalue weighted by Gasteiger charge is 2.81. The number of hydrogen-bond acceptors (Lipinski definition) is 6. The summed E-state index contributed by atoms with van der Waals surface area (Å²) in [7, 11) is -2.80. The number of ether oxygens (including phenoxy) is 2. The second-order valence-electron chi connectivity index (χ2n) is 5.54. The van der Waals surface area contributed by atoms with Crippen molar-refractivity contribution in [2.75, 3.05) is 7.11 Å². The standard InChI is InChI=1S/C12H18O6S/c1-4-11(5-2)7-6-12(10(13)16-3)9(17-7)8(11)18-19(12,14)15/h7-9H,4-6H2,1-3H3. The summed E-state index contributed by atoms with van der Waals surface area (Å²) in [4.78, 5) is 12.0. The first-order valence-electron chi connectivity index (χ1n) is 6.56. The molecule has 3 rings (SSSR count). The van der Waals surface area contributed by atoms with Crippen molar-refractivity contribution in [1.82, 2.24) is 0 Å². The molecule has 4 atom stereocenters. The van der Waals surface area contributed by atoms with Crippen molar-refractivity contribution in [3.63, 3.8) is 0 Å². The molecule has 3 aliphatic heterocycles. The lowest BCUT2D eigenvalue weighted by Crippen LogP contribution is -2.55. The van der Waals surface area contributed by atoms with Crippen molar-refractivity contribution >= 4 is 16.1 Å². The predicted molar refractivity (Wildman–Crippen MR) is 64.8 cm³/mol. The summed E-state index contributed by atoms with van der Waals surface area (Å²) in [5.74, 6) is -0.761. The van der Waals surface area contributed by atoms with Gasteiger partial charge in [-0.05, 0) is 12.8 Å². The SMILES string of the molecule is CCC1(CC)C2CC3(C(=O)OC)C(O2)C1OS3(=O)=O. The average Bonchev–Trinajstić information content (AvgIpc) is 2.96. The van der Waals surface area contributed by atoms with Crippen LogP contribution in [0.3, 0.4) is 0 Å². The fraction of sp³-hybridized carbons (Fsp3) is 0.917. The van der Waals surface area contributed by atoms with Gasteiger partial charge in [-0.15, -0.1) is 0 Å². The van der Waals surface area contributed by atoms with Crippen LogP contribution in [-0.2, 0) is 28.6 Å². The largest absolute Gasteiger partial charge is 0.468 e. The molecule has 0 aromatic carbocycles. The minimum Gasteiger partial charge on any atom is -0.468 e. The number of rotatable bonds is 3. The predicted octanol–water partition coefficient (Wildman–Crippen LogP) is 0.604. The van der Waals surface area contributed by atoms with E-state index in [1.165, 1.54) is 7.11 Å². The molecule has 19 heavy (non-hydrogen) atoms. The third kappa shape index (κ3) is 1.20. The first kappa shape index (κ1) is 13.3. The van der Waals surface area contributed by atoms with Crippen LogP contribution in [0, 0.1) is 5.41 Å². The van der Waals surface area contributed by atoms with Crippen molar-refractivity contribution in [2.24, 2.45) is 5.41 Å². The van der Waals surface area contributed by atoms with Gasteiger partial charge < -0.3 is 9.47 Å². The molecule has 2 bridgehead atoms. The average molecular weight is 290 g/mol. The molecular formula is C12H18O6S. The monoisotopic (exact) mass is 290 g/mol. The van der Waals surface area contributed by atoms with E-state index in [9.17, 15) is 13.2 Å². The van der Waals surface area contributed by atoms with Gasteiger partial charge in [-0.25, -0.2) is 0 Å². The second kappa shape index (κ2) is 3.71. The quantitative estimate of drug-likeness (QED) is 0.559. The Hall–Kier alpha value is -0.660. The summed E-state index contributed by atoms with van der Waals surface area (Å²) in [5.41, 5.74) is -0.314. The highest BCUT2D eigenvalue weighted by molar-refractivity contribution is 7.89. The smallest absolute Gasteiger partial charge is 0.332 e. The van der Waals surface area contributed by atoms with Gasteiger partial charge in [0, 0.05) is 11.8 Å². The van der Waals surface area contributed by atoms with Crippen molar-refractivity contribution in [1.29, 1.82) is 0 Å². The molecule has 3 fully saturated rings. The molecule has 0 saturated carbocycles. The Bertz CT molecular complexity index is 522. The molecule has 0 aromatic heterocycles. The second-order valence-corrected chi connectivity index (χ2v) is 7.37. The minimum atomic E-state index is -4.00. The molecule has 108 valence electrons. The number of methoxy groups -OCH3 is 1. The van der Waals surface area contributed by atoms with Crippen LogP contribution in [0.25, 0.3) is 0 Å². The summed E-state index contributed by atoms with van der Waals surface area (Å²) < 4.78 is 38.8. The molecule has 3 saturated heterocycles. The molecule has 0 N–H and O–H groups in total. The van der Waals surface area contributed by atoms with E-state index in [1.54, 1.807) is 0 Å². The van der Waals surface area contributed by atoms with E-state index in [-0.39, 0.29) is 17.9 Å². The lowest BCUT2D eigenvalue weighted by Gasteiger charge is -2.37. The molecule has 3 heterocycles. The van der Waals surface area contributed by atoms with Crippen LogP contribution in [0.1, 0.15) is 33.1 Å². The van der Waals surface area contributed by atoms with Gasteiger partial charge in [-0.1, -0.05) is 13.8 Å². The normalized spacial score (nSPS) is 44.5. The van der Waals surface area contributed by atoms with Crippen LogP contribution >= 0.6 is 0 Å². The zero-order valence-corrected chi connectivity index (χ0v) is 12.0. The third-order valence-electron chi connectivity index (χ3n) is 5.27. The molecule has 0 amide bonds. The van der Waals surface area contributed by atoms with E-state index in [0.717, 1.165) is 12.8 Å². The van der Waals surface area contributed by atoms with Gasteiger partial charge in [-0.3, -0.25) is 8.98 Å². The summed E-state index contributed by atoms with van der Waals surface area (Å²) in [5, 5.41) is 0. The van der Waals surface area contributed by atoms with E-state index < -0.39 is 33.0 Å². The molecule has 6 nitrogen and oxygen atoms in total.